The minimum Gasteiger partial charge on any atom is -0.369 e. The van der Waals surface area contributed by atoms with E-state index in [2.05, 4.69) is 27.5 Å². The van der Waals surface area contributed by atoms with Crippen LogP contribution in [0.15, 0.2) is 18.2 Å². The Balaban J connectivity index is 2.19. The predicted octanol–water partition coefficient (Wildman–Crippen LogP) is 1.72. The maximum absolute atomic E-state index is 12.2. The van der Waals surface area contributed by atoms with E-state index in [0.717, 1.165) is 31.3 Å². The Morgan fingerprint density at radius 3 is 2.75 bits per heavy atom. The quantitative estimate of drug-likeness (QED) is 0.638. The van der Waals surface area contributed by atoms with Crippen molar-refractivity contribution in [2.45, 2.75) is 19.8 Å². The molecule has 1 heterocycles. The van der Waals surface area contributed by atoms with E-state index in [4.69, 9.17) is 5.73 Å². The van der Waals surface area contributed by atoms with E-state index in [9.17, 15) is 4.79 Å². The van der Waals surface area contributed by atoms with Crippen molar-refractivity contribution in [2.24, 2.45) is 0 Å². The van der Waals surface area contributed by atoms with Gasteiger partial charge in [-0.05, 0) is 38.7 Å². The van der Waals surface area contributed by atoms with Crippen molar-refractivity contribution in [1.29, 1.82) is 0 Å². The van der Waals surface area contributed by atoms with Gasteiger partial charge in [-0.15, -0.1) is 0 Å². The van der Waals surface area contributed by atoms with Gasteiger partial charge in [0.15, 0.2) is 0 Å². The van der Waals surface area contributed by atoms with Crippen LogP contribution in [0.3, 0.4) is 0 Å². The molecule has 24 heavy (non-hydrogen) atoms. The first-order valence-electron chi connectivity index (χ1n) is 8.25. The molecule has 0 atom stereocenters. The number of unbranched alkanes of at least 4 members (excludes halogenated alkanes) is 1. The summed E-state index contributed by atoms with van der Waals surface area (Å²) in [6, 6.07) is 5.41. The van der Waals surface area contributed by atoms with Crippen LogP contribution >= 0.6 is 0 Å². The van der Waals surface area contributed by atoms with E-state index in [1.165, 1.54) is 0 Å². The minimum absolute atomic E-state index is 0.114. The highest BCUT2D eigenvalue weighted by Gasteiger charge is 2.10. The van der Waals surface area contributed by atoms with Crippen molar-refractivity contribution in [2.75, 3.05) is 44.8 Å². The Kier molecular flexibility index (Phi) is 6.31. The minimum atomic E-state index is -0.114. The van der Waals surface area contributed by atoms with E-state index in [-0.39, 0.29) is 11.9 Å². The fraction of sp³-hybridized carbons (Fsp3) is 0.471. The van der Waals surface area contributed by atoms with E-state index >= 15 is 0 Å². The molecule has 130 valence electrons. The zero-order chi connectivity index (χ0) is 17.5. The summed E-state index contributed by atoms with van der Waals surface area (Å²) in [6.45, 7) is 4.35. The normalized spacial score (nSPS) is 11.0. The molecule has 0 aliphatic carbocycles. The summed E-state index contributed by atoms with van der Waals surface area (Å²) in [7, 11) is 3.93. The van der Waals surface area contributed by atoms with Crippen LogP contribution in [0.25, 0.3) is 10.9 Å². The number of carbonyl (C=O) groups excluding carboxylic acids is 1. The van der Waals surface area contributed by atoms with Crippen molar-refractivity contribution in [1.82, 2.24) is 20.2 Å². The van der Waals surface area contributed by atoms with Crippen LogP contribution in [-0.4, -0.2) is 54.5 Å². The number of hydrogen-bond donors (Lipinski definition) is 3. The summed E-state index contributed by atoms with van der Waals surface area (Å²) in [5.74, 6) is 0.800. The van der Waals surface area contributed by atoms with Crippen LogP contribution in [0.4, 0.5) is 11.8 Å². The number of rotatable bonds is 8. The van der Waals surface area contributed by atoms with E-state index in [1.807, 2.05) is 25.1 Å². The number of hydrogen-bond acceptors (Lipinski definition) is 6. The number of aromatic nitrogens is 2. The van der Waals surface area contributed by atoms with E-state index in [0.29, 0.717) is 23.4 Å². The highest BCUT2D eigenvalue weighted by Crippen LogP contribution is 2.22. The number of fused-ring (bicyclic) bond motifs is 1. The van der Waals surface area contributed by atoms with Gasteiger partial charge in [0.05, 0.1) is 5.52 Å². The number of carbonyl (C=O) groups is 1. The summed E-state index contributed by atoms with van der Waals surface area (Å²) in [5.41, 5.74) is 7.04. The van der Waals surface area contributed by atoms with Gasteiger partial charge >= 0.3 is 0 Å². The molecule has 0 aliphatic rings. The number of benzene rings is 1. The summed E-state index contributed by atoms with van der Waals surface area (Å²) in [6.07, 6.45) is 2.15. The van der Waals surface area contributed by atoms with E-state index < -0.39 is 0 Å². The van der Waals surface area contributed by atoms with Gasteiger partial charge in [-0.1, -0.05) is 13.3 Å². The second-order valence-electron chi connectivity index (χ2n) is 6.00. The van der Waals surface area contributed by atoms with Crippen molar-refractivity contribution in [3.05, 3.63) is 23.8 Å². The van der Waals surface area contributed by atoms with Crippen LogP contribution < -0.4 is 16.4 Å². The lowest BCUT2D eigenvalue weighted by Crippen LogP contribution is -2.31. The SMILES string of the molecule is CCCCNc1nc(N)nc2cc(C(=O)NCCN(C)C)ccc12. The molecule has 0 unspecified atom stereocenters. The molecule has 0 fully saturated rings. The Morgan fingerprint density at radius 1 is 1.25 bits per heavy atom. The summed E-state index contributed by atoms with van der Waals surface area (Å²) in [4.78, 5) is 22.8. The van der Waals surface area contributed by atoms with Gasteiger partial charge in [0.2, 0.25) is 5.95 Å². The molecule has 2 rings (SSSR count). The summed E-state index contributed by atoms with van der Waals surface area (Å²) >= 11 is 0. The molecular formula is C17H26N6O. The molecule has 7 nitrogen and oxygen atoms in total. The van der Waals surface area contributed by atoms with Crippen molar-refractivity contribution in [3.8, 4) is 0 Å². The highest BCUT2D eigenvalue weighted by molar-refractivity contribution is 6.00. The van der Waals surface area contributed by atoms with Gasteiger partial charge in [0, 0.05) is 30.6 Å². The van der Waals surface area contributed by atoms with Gasteiger partial charge < -0.3 is 21.3 Å². The standard InChI is InChI=1S/C17H26N6O/c1-4-5-8-19-15-13-7-6-12(11-14(13)21-17(18)22-15)16(24)20-9-10-23(2)3/h6-7,11H,4-5,8-10H2,1-3H3,(H,20,24)(H3,18,19,21,22). The lowest BCUT2D eigenvalue weighted by atomic mass is 10.1. The number of nitrogens with zero attached hydrogens (tertiary/aromatic N) is 3. The summed E-state index contributed by atoms with van der Waals surface area (Å²) in [5, 5.41) is 7.05. The molecule has 4 N–H and O–H groups in total. The number of nitrogens with one attached hydrogen (secondary N) is 2. The fourth-order valence-corrected chi connectivity index (χ4v) is 2.30. The van der Waals surface area contributed by atoms with Gasteiger partial charge in [0.25, 0.3) is 5.91 Å². The fourth-order valence-electron chi connectivity index (χ4n) is 2.30. The average Bonchev–Trinajstić information content (AvgIpc) is 2.53. The second kappa shape index (κ2) is 8.44. The first kappa shape index (κ1) is 17.9. The number of nitrogens with two attached hydrogens (primary N) is 1. The third-order valence-electron chi connectivity index (χ3n) is 3.64. The predicted molar refractivity (Wildman–Crippen MR) is 98.2 cm³/mol. The Labute approximate surface area is 142 Å². The van der Waals surface area contributed by atoms with Crippen molar-refractivity contribution in [3.63, 3.8) is 0 Å². The zero-order valence-corrected chi connectivity index (χ0v) is 14.6. The first-order chi connectivity index (χ1) is 11.5. The third kappa shape index (κ3) is 4.79. The topological polar surface area (TPSA) is 96.2 Å². The Bertz CT molecular complexity index is 701. The lowest BCUT2D eigenvalue weighted by molar-refractivity contribution is 0.0951. The first-order valence-corrected chi connectivity index (χ1v) is 8.25. The van der Waals surface area contributed by atoms with Crippen molar-refractivity contribution < 1.29 is 4.79 Å². The zero-order valence-electron chi connectivity index (χ0n) is 14.6. The monoisotopic (exact) mass is 330 g/mol. The van der Waals surface area contributed by atoms with Gasteiger partial charge in [-0.3, -0.25) is 4.79 Å². The van der Waals surface area contributed by atoms with Gasteiger partial charge in [-0.2, -0.15) is 4.98 Å². The smallest absolute Gasteiger partial charge is 0.251 e. The highest BCUT2D eigenvalue weighted by atomic mass is 16.1. The number of nitrogen functional groups attached to an aromatic ring is 1. The number of amides is 1. The molecule has 0 radical (unpaired) electrons. The molecule has 1 amide bonds. The molecule has 1 aromatic carbocycles. The molecule has 0 saturated heterocycles. The van der Waals surface area contributed by atoms with Gasteiger partial charge in [0.1, 0.15) is 5.82 Å². The maximum Gasteiger partial charge on any atom is 0.251 e. The lowest BCUT2D eigenvalue weighted by Gasteiger charge is -2.12. The molecule has 0 aliphatic heterocycles. The maximum atomic E-state index is 12.2. The Hall–Kier alpha value is -2.41. The largest absolute Gasteiger partial charge is 0.369 e. The van der Waals surface area contributed by atoms with Crippen LogP contribution in [0.5, 0.6) is 0 Å². The molecule has 7 heteroatoms. The second-order valence-corrected chi connectivity index (χ2v) is 6.00. The molecular weight excluding hydrogens is 304 g/mol. The van der Waals surface area contributed by atoms with E-state index in [1.54, 1.807) is 12.1 Å². The third-order valence-corrected chi connectivity index (χ3v) is 3.64. The number of anilines is 2. The van der Waals surface area contributed by atoms with Crippen molar-refractivity contribution >= 4 is 28.6 Å². The Morgan fingerprint density at radius 2 is 2.04 bits per heavy atom. The summed E-state index contributed by atoms with van der Waals surface area (Å²) < 4.78 is 0. The average molecular weight is 330 g/mol. The van der Waals surface area contributed by atoms with Crippen LogP contribution in [-0.2, 0) is 0 Å². The van der Waals surface area contributed by atoms with Crippen LogP contribution in [0.2, 0.25) is 0 Å². The van der Waals surface area contributed by atoms with Crippen LogP contribution in [0.1, 0.15) is 30.1 Å². The number of likely N-dealkylation sites (N-methyl/N-ethyl adjacent to an activating group) is 1. The van der Waals surface area contributed by atoms with Gasteiger partial charge in [-0.25, -0.2) is 4.98 Å². The molecule has 0 saturated carbocycles. The van der Waals surface area contributed by atoms with Crippen LogP contribution in [0, 0.1) is 0 Å². The molecule has 0 spiro atoms. The molecule has 2 aromatic rings. The molecule has 0 bridgehead atoms. The molecule has 1 aromatic heterocycles.